The molecule has 4 nitrogen and oxygen atoms in total. The maximum Gasteiger partial charge on any atom is 0.306 e. The number of nitrogens with two attached hydrogens (primary N) is 1. The molecule has 0 spiro atoms. The fourth-order valence-corrected chi connectivity index (χ4v) is 1.25. The number of carboxylic acids is 1. The minimum atomic E-state index is -0.855. The highest BCUT2D eigenvalue weighted by atomic mass is 16.4. The summed E-state index contributed by atoms with van der Waals surface area (Å²) in [6.45, 7) is 0. The summed E-state index contributed by atoms with van der Waals surface area (Å²) in [6.07, 6.45) is 0.0774. The number of rotatable bonds is 1. The van der Waals surface area contributed by atoms with Gasteiger partial charge in [0.05, 0.1) is 12.0 Å². The molecule has 4 N–H and O–H groups in total. The fourth-order valence-electron chi connectivity index (χ4n) is 1.25. The van der Waals surface area contributed by atoms with E-state index in [2.05, 4.69) is 0 Å². The summed E-state index contributed by atoms with van der Waals surface area (Å²) in [5.41, 5.74) is 5.39. The van der Waals surface area contributed by atoms with Crippen LogP contribution in [0.4, 0.5) is 0 Å². The standard InChI is InChI=1S/C6H11NO3/c7-4-1-3(6(9)10)2-5(4)8/h3-5,8H,1-2,7H2,(H,9,10)/t3-,4+,5+/m1/s1. The van der Waals surface area contributed by atoms with Crippen molar-refractivity contribution in [1.82, 2.24) is 0 Å². The van der Waals surface area contributed by atoms with E-state index >= 15 is 0 Å². The normalized spacial score (nSPS) is 40.0. The molecule has 0 heterocycles. The van der Waals surface area contributed by atoms with Crippen LogP contribution in [0.2, 0.25) is 0 Å². The van der Waals surface area contributed by atoms with Gasteiger partial charge >= 0.3 is 5.97 Å². The molecule has 1 saturated carbocycles. The zero-order valence-electron chi connectivity index (χ0n) is 5.53. The van der Waals surface area contributed by atoms with Gasteiger partial charge in [-0.3, -0.25) is 4.79 Å². The highest BCUT2D eigenvalue weighted by molar-refractivity contribution is 5.70. The summed E-state index contributed by atoms with van der Waals surface area (Å²) in [6, 6.07) is -0.346. The molecular formula is C6H11NO3. The van der Waals surface area contributed by atoms with E-state index in [0.29, 0.717) is 12.8 Å². The number of hydrogen-bond donors (Lipinski definition) is 3. The summed E-state index contributed by atoms with van der Waals surface area (Å²) in [5, 5.41) is 17.5. The van der Waals surface area contributed by atoms with Crippen molar-refractivity contribution >= 4 is 5.97 Å². The number of aliphatic carboxylic acids is 1. The summed E-state index contributed by atoms with van der Waals surface area (Å²) in [5.74, 6) is -1.29. The van der Waals surface area contributed by atoms with Crippen LogP contribution >= 0.6 is 0 Å². The topological polar surface area (TPSA) is 83.6 Å². The highest BCUT2D eigenvalue weighted by Gasteiger charge is 2.34. The van der Waals surface area contributed by atoms with E-state index in [0.717, 1.165) is 0 Å². The van der Waals surface area contributed by atoms with Gasteiger partial charge < -0.3 is 15.9 Å². The Morgan fingerprint density at radius 3 is 2.30 bits per heavy atom. The molecule has 0 aliphatic heterocycles. The Balaban J connectivity index is 2.49. The van der Waals surface area contributed by atoms with E-state index < -0.39 is 18.0 Å². The SMILES string of the molecule is N[C@H]1C[C@@H](C(=O)O)C[C@@H]1O. The van der Waals surface area contributed by atoms with Gasteiger partial charge in [0.1, 0.15) is 0 Å². The third-order valence-corrected chi connectivity index (χ3v) is 1.93. The lowest BCUT2D eigenvalue weighted by Gasteiger charge is -2.04. The number of aliphatic hydroxyl groups excluding tert-OH is 1. The lowest BCUT2D eigenvalue weighted by atomic mass is 10.1. The molecule has 0 aromatic carbocycles. The van der Waals surface area contributed by atoms with Crippen molar-refractivity contribution in [1.29, 1.82) is 0 Å². The Kier molecular flexibility index (Phi) is 1.92. The molecular weight excluding hydrogens is 134 g/mol. The zero-order chi connectivity index (χ0) is 7.72. The summed E-state index contributed by atoms with van der Waals surface area (Å²) in [7, 11) is 0. The average molecular weight is 145 g/mol. The fraction of sp³-hybridized carbons (Fsp3) is 0.833. The minimum Gasteiger partial charge on any atom is -0.481 e. The van der Waals surface area contributed by atoms with Crippen molar-refractivity contribution in [2.75, 3.05) is 0 Å². The quantitative estimate of drug-likeness (QED) is 0.449. The summed E-state index contributed by atoms with van der Waals surface area (Å²) >= 11 is 0. The van der Waals surface area contributed by atoms with Gasteiger partial charge in [-0.05, 0) is 12.8 Å². The number of hydrogen-bond acceptors (Lipinski definition) is 3. The van der Waals surface area contributed by atoms with Gasteiger partial charge in [0.25, 0.3) is 0 Å². The molecule has 0 bridgehead atoms. The highest BCUT2D eigenvalue weighted by Crippen LogP contribution is 2.24. The van der Waals surface area contributed by atoms with Gasteiger partial charge in [0, 0.05) is 6.04 Å². The van der Waals surface area contributed by atoms with Crippen LogP contribution in [0.3, 0.4) is 0 Å². The van der Waals surface area contributed by atoms with Crippen molar-refractivity contribution in [3.05, 3.63) is 0 Å². The first-order valence-corrected chi connectivity index (χ1v) is 3.27. The van der Waals surface area contributed by atoms with Gasteiger partial charge in [0.2, 0.25) is 0 Å². The molecule has 1 fully saturated rings. The van der Waals surface area contributed by atoms with Crippen LogP contribution in [0, 0.1) is 5.92 Å². The Morgan fingerprint density at radius 2 is 2.10 bits per heavy atom. The van der Waals surface area contributed by atoms with Crippen LogP contribution < -0.4 is 5.73 Å². The second kappa shape index (κ2) is 2.56. The van der Waals surface area contributed by atoms with Crippen LogP contribution in [-0.4, -0.2) is 28.3 Å². The van der Waals surface area contributed by atoms with Crippen LogP contribution in [-0.2, 0) is 4.79 Å². The van der Waals surface area contributed by atoms with Crippen molar-refractivity contribution in [3.8, 4) is 0 Å². The van der Waals surface area contributed by atoms with Crippen LogP contribution in [0.15, 0.2) is 0 Å². The third kappa shape index (κ3) is 1.27. The smallest absolute Gasteiger partial charge is 0.306 e. The number of carboxylic acid groups (broad SMARTS) is 1. The second-order valence-corrected chi connectivity index (χ2v) is 2.74. The maximum atomic E-state index is 10.3. The first-order chi connectivity index (χ1) is 4.61. The Bertz CT molecular complexity index is 138. The molecule has 0 amide bonds. The molecule has 10 heavy (non-hydrogen) atoms. The molecule has 0 saturated heterocycles. The molecule has 1 aliphatic carbocycles. The Hall–Kier alpha value is -0.610. The first kappa shape index (κ1) is 7.50. The molecule has 1 aliphatic rings. The molecule has 58 valence electrons. The van der Waals surface area contributed by atoms with E-state index in [-0.39, 0.29) is 6.04 Å². The maximum absolute atomic E-state index is 10.3. The van der Waals surface area contributed by atoms with Gasteiger partial charge in [0.15, 0.2) is 0 Å². The minimum absolute atomic E-state index is 0.302. The zero-order valence-corrected chi connectivity index (χ0v) is 5.53. The molecule has 0 radical (unpaired) electrons. The summed E-state index contributed by atoms with van der Waals surface area (Å²) < 4.78 is 0. The van der Waals surface area contributed by atoms with Gasteiger partial charge in [-0.15, -0.1) is 0 Å². The van der Waals surface area contributed by atoms with E-state index in [4.69, 9.17) is 15.9 Å². The van der Waals surface area contributed by atoms with Gasteiger partial charge in [-0.1, -0.05) is 0 Å². The summed E-state index contributed by atoms with van der Waals surface area (Å²) in [4.78, 5) is 10.3. The van der Waals surface area contributed by atoms with Crippen molar-refractivity contribution < 1.29 is 15.0 Å². The monoisotopic (exact) mass is 145 g/mol. The molecule has 0 aromatic rings. The second-order valence-electron chi connectivity index (χ2n) is 2.74. The van der Waals surface area contributed by atoms with Crippen molar-refractivity contribution in [2.24, 2.45) is 11.7 Å². The van der Waals surface area contributed by atoms with E-state index in [1.165, 1.54) is 0 Å². The molecule has 4 heteroatoms. The lowest BCUT2D eigenvalue weighted by molar-refractivity contribution is -0.141. The molecule has 1 rings (SSSR count). The first-order valence-electron chi connectivity index (χ1n) is 3.27. The molecule has 0 unspecified atom stereocenters. The van der Waals surface area contributed by atoms with Crippen molar-refractivity contribution in [3.63, 3.8) is 0 Å². The third-order valence-electron chi connectivity index (χ3n) is 1.93. The van der Waals surface area contributed by atoms with Crippen LogP contribution in [0.5, 0.6) is 0 Å². The van der Waals surface area contributed by atoms with Gasteiger partial charge in [-0.25, -0.2) is 0 Å². The Morgan fingerprint density at radius 1 is 1.50 bits per heavy atom. The largest absolute Gasteiger partial charge is 0.481 e. The van der Waals surface area contributed by atoms with E-state index in [1.54, 1.807) is 0 Å². The lowest BCUT2D eigenvalue weighted by Crippen LogP contribution is -2.28. The van der Waals surface area contributed by atoms with E-state index in [1.807, 2.05) is 0 Å². The molecule has 3 atom stereocenters. The predicted molar refractivity (Wildman–Crippen MR) is 34.3 cm³/mol. The van der Waals surface area contributed by atoms with Crippen LogP contribution in [0.25, 0.3) is 0 Å². The number of carbonyl (C=O) groups is 1. The van der Waals surface area contributed by atoms with Crippen molar-refractivity contribution in [2.45, 2.75) is 25.0 Å². The van der Waals surface area contributed by atoms with Crippen LogP contribution in [0.1, 0.15) is 12.8 Å². The Labute approximate surface area is 58.6 Å². The van der Waals surface area contributed by atoms with Gasteiger partial charge in [-0.2, -0.15) is 0 Å². The molecule has 0 aromatic heterocycles. The number of aliphatic hydroxyl groups is 1. The van der Waals surface area contributed by atoms with E-state index in [9.17, 15) is 4.79 Å². The average Bonchev–Trinajstić information content (AvgIpc) is 2.13. The predicted octanol–water partition coefficient (Wildman–Crippen LogP) is -0.831.